The van der Waals surface area contributed by atoms with Gasteiger partial charge in [-0.2, -0.15) is 0 Å². The van der Waals surface area contributed by atoms with E-state index in [0.717, 1.165) is 20.6 Å². The zero-order valence-electron chi connectivity index (χ0n) is 11.5. The predicted octanol–water partition coefficient (Wildman–Crippen LogP) is 4.48. The Morgan fingerprint density at radius 1 is 0.955 bits per heavy atom. The van der Waals surface area contributed by atoms with Crippen LogP contribution >= 0.6 is 22.6 Å². The number of hydrogen-bond acceptors (Lipinski definition) is 3. The fourth-order valence-corrected chi connectivity index (χ4v) is 2.88. The van der Waals surface area contributed by atoms with Gasteiger partial charge in [0.25, 0.3) is 0 Å². The van der Waals surface area contributed by atoms with Gasteiger partial charge in [0.1, 0.15) is 5.75 Å². The van der Waals surface area contributed by atoms with Gasteiger partial charge < -0.3 is 4.74 Å². The lowest BCUT2D eigenvalue weighted by Gasteiger charge is -2.10. The molecule has 0 spiro atoms. The molecule has 0 unspecified atom stereocenters. The van der Waals surface area contributed by atoms with Gasteiger partial charge in [-0.1, -0.05) is 42.5 Å². The Morgan fingerprint density at radius 2 is 1.68 bits per heavy atom. The summed E-state index contributed by atoms with van der Waals surface area (Å²) < 4.78 is 6.24. The molecule has 0 saturated carbocycles. The molecule has 0 heterocycles. The molecule has 0 saturated heterocycles. The van der Waals surface area contributed by atoms with E-state index in [1.54, 1.807) is 18.2 Å². The topological polar surface area (TPSA) is 43.4 Å². The minimum absolute atomic E-state index is 0.276. The summed E-state index contributed by atoms with van der Waals surface area (Å²) in [7, 11) is 0. The highest BCUT2D eigenvalue weighted by molar-refractivity contribution is 14.1. The van der Waals surface area contributed by atoms with Gasteiger partial charge >= 0.3 is 5.97 Å². The fourth-order valence-electron chi connectivity index (χ4n) is 2.27. The summed E-state index contributed by atoms with van der Waals surface area (Å²) in [4.78, 5) is 23.7. The molecule has 0 N–H and O–H groups in total. The van der Waals surface area contributed by atoms with Gasteiger partial charge in [-0.05, 0) is 51.6 Å². The second-order valence-corrected chi connectivity index (χ2v) is 5.85. The van der Waals surface area contributed by atoms with Crippen LogP contribution in [-0.2, 0) is 0 Å². The average Bonchev–Trinajstić information content (AvgIpc) is 2.55. The van der Waals surface area contributed by atoms with Gasteiger partial charge in [0.05, 0.1) is 11.1 Å². The number of aldehydes is 1. The molecule has 3 aromatic carbocycles. The third kappa shape index (κ3) is 2.74. The normalized spacial score (nSPS) is 10.4. The molecule has 0 amide bonds. The summed E-state index contributed by atoms with van der Waals surface area (Å²) in [5.74, 6) is -0.193. The molecule has 0 radical (unpaired) electrons. The maximum Gasteiger partial charge on any atom is 0.344 e. The lowest BCUT2D eigenvalue weighted by atomic mass is 10.0. The van der Waals surface area contributed by atoms with Crippen molar-refractivity contribution in [1.82, 2.24) is 0 Å². The number of fused-ring (bicyclic) bond motifs is 1. The summed E-state index contributed by atoms with van der Waals surface area (Å²) >= 11 is 2.08. The van der Waals surface area contributed by atoms with Crippen LogP contribution in [0, 0.1) is 3.57 Å². The molecule has 0 bridgehead atoms. The van der Waals surface area contributed by atoms with Crippen LogP contribution < -0.4 is 4.74 Å². The van der Waals surface area contributed by atoms with E-state index in [9.17, 15) is 9.59 Å². The first-order chi connectivity index (χ1) is 10.7. The van der Waals surface area contributed by atoms with E-state index in [2.05, 4.69) is 22.6 Å². The van der Waals surface area contributed by atoms with E-state index in [0.29, 0.717) is 11.1 Å². The van der Waals surface area contributed by atoms with Crippen molar-refractivity contribution in [3.8, 4) is 5.75 Å². The van der Waals surface area contributed by atoms with Crippen molar-refractivity contribution >= 4 is 45.6 Å². The standard InChI is InChI=1S/C18H11IO3/c19-16-8-4-3-7-14(16)18(21)22-17-10-9-12-5-1-2-6-13(12)15(17)11-20/h1-11H. The maximum atomic E-state index is 12.3. The molecular formula is C18H11IO3. The van der Waals surface area contributed by atoms with Crippen LogP contribution in [0.25, 0.3) is 10.8 Å². The smallest absolute Gasteiger partial charge is 0.344 e. The Balaban J connectivity index is 2.02. The Labute approximate surface area is 141 Å². The van der Waals surface area contributed by atoms with Gasteiger partial charge in [0.15, 0.2) is 6.29 Å². The zero-order chi connectivity index (χ0) is 15.5. The molecule has 3 nitrogen and oxygen atoms in total. The highest BCUT2D eigenvalue weighted by atomic mass is 127. The molecule has 4 heteroatoms. The predicted molar refractivity (Wildman–Crippen MR) is 93.5 cm³/mol. The Bertz CT molecular complexity index is 871. The number of carbonyl (C=O) groups is 2. The molecule has 0 atom stereocenters. The van der Waals surface area contributed by atoms with Crippen LogP contribution in [0.15, 0.2) is 60.7 Å². The second-order valence-electron chi connectivity index (χ2n) is 4.69. The van der Waals surface area contributed by atoms with E-state index in [-0.39, 0.29) is 5.75 Å². The van der Waals surface area contributed by atoms with Gasteiger partial charge in [-0.15, -0.1) is 0 Å². The number of rotatable bonds is 3. The quantitative estimate of drug-likeness (QED) is 0.281. The van der Waals surface area contributed by atoms with E-state index in [1.165, 1.54) is 0 Å². The van der Waals surface area contributed by atoms with E-state index in [1.807, 2.05) is 42.5 Å². The number of esters is 1. The molecule has 22 heavy (non-hydrogen) atoms. The number of carbonyl (C=O) groups excluding carboxylic acids is 2. The van der Waals surface area contributed by atoms with Crippen molar-refractivity contribution < 1.29 is 14.3 Å². The minimum atomic E-state index is -0.469. The molecule has 3 aromatic rings. The number of benzene rings is 3. The molecule has 108 valence electrons. The van der Waals surface area contributed by atoms with Gasteiger partial charge in [0.2, 0.25) is 0 Å². The second kappa shape index (κ2) is 6.27. The number of ether oxygens (including phenoxy) is 1. The molecule has 3 rings (SSSR count). The van der Waals surface area contributed by atoms with Crippen molar-refractivity contribution in [3.05, 3.63) is 75.4 Å². The third-order valence-electron chi connectivity index (χ3n) is 3.34. The first kappa shape index (κ1) is 14.7. The molecular weight excluding hydrogens is 391 g/mol. The highest BCUT2D eigenvalue weighted by Crippen LogP contribution is 2.27. The highest BCUT2D eigenvalue weighted by Gasteiger charge is 2.15. The van der Waals surface area contributed by atoms with Crippen LogP contribution in [0.2, 0.25) is 0 Å². The Hall–Kier alpha value is -2.21. The van der Waals surface area contributed by atoms with Crippen molar-refractivity contribution in [2.45, 2.75) is 0 Å². The number of hydrogen-bond donors (Lipinski definition) is 0. The van der Waals surface area contributed by atoms with Crippen LogP contribution in [0.4, 0.5) is 0 Å². The Kier molecular flexibility index (Phi) is 4.20. The minimum Gasteiger partial charge on any atom is -0.422 e. The summed E-state index contributed by atoms with van der Waals surface area (Å²) in [6, 6.07) is 18.1. The first-order valence-corrected chi connectivity index (χ1v) is 7.72. The fraction of sp³-hybridized carbons (Fsp3) is 0. The maximum absolute atomic E-state index is 12.3. The van der Waals surface area contributed by atoms with Gasteiger partial charge in [-0.3, -0.25) is 4.79 Å². The monoisotopic (exact) mass is 402 g/mol. The summed E-state index contributed by atoms with van der Waals surface area (Å²) in [6.45, 7) is 0. The zero-order valence-corrected chi connectivity index (χ0v) is 13.6. The van der Waals surface area contributed by atoms with E-state index >= 15 is 0 Å². The van der Waals surface area contributed by atoms with E-state index < -0.39 is 5.97 Å². The summed E-state index contributed by atoms with van der Waals surface area (Å²) in [5, 5.41) is 1.70. The third-order valence-corrected chi connectivity index (χ3v) is 4.29. The van der Waals surface area contributed by atoms with E-state index in [4.69, 9.17) is 4.74 Å². The molecule has 0 aliphatic rings. The summed E-state index contributed by atoms with van der Waals surface area (Å²) in [5.41, 5.74) is 0.866. The lowest BCUT2D eigenvalue weighted by Crippen LogP contribution is -2.11. The van der Waals surface area contributed by atoms with Crippen LogP contribution in [-0.4, -0.2) is 12.3 Å². The van der Waals surface area contributed by atoms with Crippen LogP contribution in [0.5, 0.6) is 5.75 Å². The molecule has 0 aromatic heterocycles. The van der Waals surface area contributed by atoms with Gasteiger partial charge in [-0.25, -0.2) is 4.79 Å². The molecule has 0 aliphatic carbocycles. The van der Waals surface area contributed by atoms with Gasteiger partial charge in [0, 0.05) is 3.57 Å². The van der Waals surface area contributed by atoms with Crippen molar-refractivity contribution in [1.29, 1.82) is 0 Å². The average molecular weight is 402 g/mol. The largest absolute Gasteiger partial charge is 0.422 e. The van der Waals surface area contributed by atoms with Crippen LogP contribution in [0.1, 0.15) is 20.7 Å². The molecule has 0 fully saturated rings. The lowest BCUT2D eigenvalue weighted by molar-refractivity contribution is 0.0733. The number of halogens is 1. The van der Waals surface area contributed by atoms with Crippen molar-refractivity contribution in [2.24, 2.45) is 0 Å². The summed E-state index contributed by atoms with van der Waals surface area (Å²) in [6.07, 6.45) is 0.723. The Morgan fingerprint density at radius 3 is 2.45 bits per heavy atom. The van der Waals surface area contributed by atoms with Crippen LogP contribution in [0.3, 0.4) is 0 Å². The SMILES string of the molecule is O=Cc1c(OC(=O)c2ccccc2I)ccc2ccccc12. The molecule has 0 aliphatic heterocycles. The van der Waals surface area contributed by atoms with Crippen molar-refractivity contribution in [3.63, 3.8) is 0 Å². The first-order valence-electron chi connectivity index (χ1n) is 6.64. The van der Waals surface area contributed by atoms with Crippen molar-refractivity contribution in [2.75, 3.05) is 0 Å².